The fourth-order valence-electron chi connectivity index (χ4n) is 2.74. The molecule has 3 heteroatoms. The number of aryl methyl sites for hydroxylation is 2. The Bertz CT molecular complexity index is 747. The van der Waals surface area contributed by atoms with Crippen LogP contribution in [0.4, 0.5) is 0 Å². The predicted octanol–water partition coefficient (Wildman–Crippen LogP) is 3.27. The third kappa shape index (κ3) is 2.36. The van der Waals surface area contributed by atoms with Crippen LogP contribution in [0.15, 0.2) is 66.7 Å². The van der Waals surface area contributed by atoms with E-state index in [0.717, 1.165) is 27.3 Å². The van der Waals surface area contributed by atoms with Crippen molar-refractivity contribution in [3.63, 3.8) is 0 Å². The molecule has 0 radical (unpaired) electrons. The molecule has 0 saturated carbocycles. The number of hydrogen-bond donors (Lipinski definition) is 1. The maximum absolute atomic E-state index is 14.0. The highest BCUT2D eigenvalue weighted by molar-refractivity contribution is 7.85. The molecule has 1 N–H and O–H groups in total. The van der Waals surface area contributed by atoms with Gasteiger partial charge >= 0.3 is 0 Å². The molecule has 1 heterocycles. The molecule has 0 aliphatic carbocycles. The number of rotatable bonds is 3. The summed E-state index contributed by atoms with van der Waals surface area (Å²) < 4.78 is 14.0. The molecule has 3 rings (SSSR count). The average molecular weight is 295 g/mol. The van der Waals surface area contributed by atoms with Crippen molar-refractivity contribution in [1.82, 2.24) is 4.98 Å². The van der Waals surface area contributed by atoms with Gasteiger partial charge in [-0.15, -0.1) is 0 Å². The summed E-state index contributed by atoms with van der Waals surface area (Å²) >= 11 is 0. The molecule has 0 amide bonds. The highest BCUT2D eigenvalue weighted by Crippen LogP contribution is 2.43. The first-order chi connectivity index (χ1) is 10.1. The number of benzene rings is 2. The van der Waals surface area contributed by atoms with Gasteiger partial charge in [-0.25, -0.2) is 0 Å². The van der Waals surface area contributed by atoms with E-state index in [2.05, 4.69) is 4.98 Å². The van der Waals surface area contributed by atoms with Crippen LogP contribution in [-0.4, -0.2) is 4.98 Å². The first kappa shape index (κ1) is 13.9. The molecule has 0 spiro atoms. The molecule has 106 valence electrons. The second-order valence-corrected chi connectivity index (χ2v) is 7.98. The number of aromatic nitrogens is 1. The zero-order valence-electron chi connectivity index (χ0n) is 12.2. The molecular weight excluding hydrogens is 277 g/mol. The van der Waals surface area contributed by atoms with Gasteiger partial charge in [0.1, 0.15) is 0 Å². The number of nitrogens with one attached hydrogen (secondary N) is 1. The molecule has 3 aromatic rings. The minimum absolute atomic E-state index is 0.873. The Kier molecular flexibility index (Phi) is 3.57. The van der Waals surface area contributed by atoms with Crippen LogP contribution in [0.25, 0.3) is 0 Å². The average Bonchev–Trinajstić information content (AvgIpc) is 2.87. The fraction of sp³-hybridized carbons (Fsp3) is 0.111. The molecule has 0 aliphatic heterocycles. The van der Waals surface area contributed by atoms with Crippen LogP contribution in [0.3, 0.4) is 0 Å². The summed E-state index contributed by atoms with van der Waals surface area (Å²) in [6, 6.07) is 21.5. The molecular formula is C18H18NOP. The highest BCUT2D eigenvalue weighted by Gasteiger charge is 2.31. The zero-order chi connectivity index (χ0) is 14.9. The SMILES string of the molecule is Cc1cc(P(=O)(c2ccccc2)c2ccccc2)c(C)[nH]1. The first-order valence-electron chi connectivity index (χ1n) is 7.00. The maximum Gasteiger partial charge on any atom is 0.172 e. The van der Waals surface area contributed by atoms with Gasteiger partial charge in [-0.3, -0.25) is 0 Å². The molecule has 1 aromatic heterocycles. The maximum atomic E-state index is 14.0. The second kappa shape index (κ2) is 5.38. The zero-order valence-corrected chi connectivity index (χ0v) is 13.1. The van der Waals surface area contributed by atoms with E-state index < -0.39 is 7.14 Å². The second-order valence-electron chi connectivity index (χ2n) is 5.24. The lowest BCUT2D eigenvalue weighted by Crippen LogP contribution is -2.25. The van der Waals surface area contributed by atoms with Gasteiger partial charge in [0.2, 0.25) is 0 Å². The Morgan fingerprint density at radius 1 is 0.810 bits per heavy atom. The standard InChI is InChI=1S/C18H18NOP/c1-14-13-18(15(2)19-14)21(20,16-9-5-3-6-10-16)17-11-7-4-8-12-17/h3-13,19H,1-2H3. The number of H-pyrrole nitrogens is 1. The Balaban J connectivity index is 2.31. The van der Waals surface area contributed by atoms with Crippen molar-refractivity contribution in [2.75, 3.05) is 0 Å². The minimum Gasteiger partial charge on any atom is -0.362 e. The van der Waals surface area contributed by atoms with Gasteiger partial charge in [0, 0.05) is 27.3 Å². The van der Waals surface area contributed by atoms with Crippen LogP contribution in [0.1, 0.15) is 11.4 Å². The fourth-order valence-corrected chi connectivity index (χ4v) is 5.68. The van der Waals surface area contributed by atoms with E-state index in [1.54, 1.807) is 0 Å². The van der Waals surface area contributed by atoms with Crippen molar-refractivity contribution >= 4 is 23.1 Å². The summed E-state index contributed by atoms with van der Waals surface area (Å²) in [6.45, 7) is 3.98. The summed E-state index contributed by atoms with van der Waals surface area (Å²) in [6.07, 6.45) is 0. The van der Waals surface area contributed by atoms with Crippen molar-refractivity contribution in [2.24, 2.45) is 0 Å². The first-order valence-corrected chi connectivity index (χ1v) is 8.71. The van der Waals surface area contributed by atoms with Gasteiger partial charge in [0.15, 0.2) is 7.14 Å². The highest BCUT2D eigenvalue weighted by atomic mass is 31.2. The quantitative estimate of drug-likeness (QED) is 0.739. The summed E-state index contributed by atoms with van der Waals surface area (Å²) in [7, 11) is -2.82. The Morgan fingerprint density at radius 3 is 1.67 bits per heavy atom. The molecule has 0 fully saturated rings. The Labute approximate surface area is 125 Å². The molecule has 0 bridgehead atoms. The monoisotopic (exact) mass is 295 g/mol. The van der Waals surface area contributed by atoms with Gasteiger partial charge in [-0.05, 0) is 19.9 Å². The summed E-state index contributed by atoms with van der Waals surface area (Å²) in [4.78, 5) is 3.28. The van der Waals surface area contributed by atoms with Crippen LogP contribution < -0.4 is 15.9 Å². The third-order valence-corrected chi connectivity index (χ3v) is 6.89. The van der Waals surface area contributed by atoms with Crippen LogP contribution >= 0.6 is 7.14 Å². The van der Waals surface area contributed by atoms with E-state index in [0.29, 0.717) is 0 Å². The summed E-state index contributed by atoms with van der Waals surface area (Å²) in [5.41, 5.74) is 2.01. The molecule has 2 aromatic carbocycles. The molecule has 21 heavy (non-hydrogen) atoms. The largest absolute Gasteiger partial charge is 0.362 e. The van der Waals surface area contributed by atoms with E-state index in [1.807, 2.05) is 80.6 Å². The molecule has 0 aliphatic rings. The smallest absolute Gasteiger partial charge is 0.172 e. The molecule has 2 nitrogen and oxygen atoms in total. The Hall–Kier alpha value is -2.05. The normalized spacial score (nSPS) is 11.5. The lowest BCUT2D eigenvalue weighted by atomic mass is 10.4. The molecule has 0 saturated heterocycles. The van der Waals surface area contributed by atoms with E-state index >= 15 is 0 Å². The topological polar surface area (TPSA) is 32.9 Å². The minimum atomic E-state index is -2.82. The third-order valence-electron chi connectivity index (χ3n) is 3.70. The molecule has 0 unspecified atom stereocenters. The van der Waals surface area contributed by atoms with Gasteiger partial charge in [-0.1, -0.05) is 60.7 Å². The van der Waals surface area contributed by atoms with Crippen LogP contribution in [0, 0.1) is 13.8 Å². The van der Waals surface area contributed by atoms with Crippen molar-refractivity contribution < 1.29 is 4.57 Å². The summed E-state index contributed by atoms with van der Waals surface area (Å²) in [5.74, 6) is 0. The van der Waals surface area contributed by atoms with E-state index in [9.17, 15) is 4.57 Å². The lowest BCUT2D eigenvalue weighted by Gasteiger charge is -2.19. The number of hydrogen-bond acceptors (Lipinski definition) is 1. The van der Waals surface area contributed by atoms with Crippen LogP contribution in [0.5, 0.6) is 0 Å². The van der Waals surface area contributed by atoms with Gasteiger partial charge in [0.25, 0.3) is 0 Å². The molecule has 0 atom stereocenters. The van der Waals surface area contributed by atoms with E-state index in [-0.39, 0.29) is 0 Å². The number of aromatic amines is 1. The Morgan fingerprint density at radius 2 is 1.29 bits per heavy atom. The van der Waals surface area contributed by atoms with Crippen molar-refractivity contribution in [3.05, 3.63) is 78.1 Å². The van der Waals surface area contributed by atoms with Crippen molar-refractivity contribution in [1.29, 1.82) is 0 Å². The van der Waals surface area contributed by atoms with Crippen LogP contribution in [-0.2, 0) is 4.57 Å². The van der Waals surface area contributed by atoms with Crippen molar-refractivity contribution in [3.8, 4) is 0 Å². The van der Waals surface area contributed by atoms with Crippen molar-refractivity contribution in [2.45, 2.75) is 13.8 Å². The van der Waals surface area contributed by atoms with Gasteiger partial charge in [-0.2, -0.15) is 0 Å². The summed E-state index contributed by atoms with van der Waals surface area (Å²) in [5, 5.41) is 2.65. The lowest BCUT2D eigenvalue weighted by molar-refractivity contribution is 0.592. The van der Waals surface area contributed by atoms with E-state index in [1.165, 1.54) is 0 Å². The van der Waals surface area contributed by atoms with Gasteiger partial charge < -0.3 is 9.55 Å². The van der Waals surface area contributed by atoms with Gasteiger partial charge in [0.05, 0.1) is 0 Å². The van der Waals surface area contributed by atoms with Crippen LogP contribution in [0.2, 0.25) is 0 Å². The predicted molar refractivity (Wildman–Crippen MR) is 89.7 cm³/mol. The van der Waals surface area contributed by atoms with E-state index in [4.69, 9.17) is 0 Å².